The van der Waals surface area contributed by atoms with E-state index in [0.29, 0.717) is 22.6 Å². The Morgan fingerprint density at radius 3 is 2.03 bits per heavy atom. The minimum Gasteiger partial charge on any atom is -0.350 e. The first-order chi connectivity index (χ1) is 14.9. The van der Waals surface area contributed by atoms with E-state index in [1.54, 1.807) is 54.6 Å². The van der Waals surface area contributed by atoms with Gasteiger partial charge >= 0.3 is 0 Å². The first-order valence-corrected chi connectivity index (χ1v) is 9.53. The molecule has 3 amide bonds. The fourth-order valence-electron chi connectivity index (χ4n) is 3.33. The van der Waals surface area contributed by atoms with Crippen LogP contribution in [0.25, 0.3) is 5.57 Å². The van der Waals surface area contributed by atoms with Gasteiger partial charge in [0.1, 0.15) is 11.5 Å². The van der Waals surface area contributed by atoms with Crippen molar-refractivity contribution in [3.05, 3.63) is 95.9 Å². The van der Waals surface area contributed by atoms with Crippen molar-refractivity contribution in [2.24, 2.45) is 0 Å². The van der Waals surface area contributed by atoms with E-state index < -0.39 is 17.6 Å². The molecule has 2 N–H and O–H groups in total. The molecule has 31 heavy (non-hydrogen) atoms. The van der Waals surface area contributed by atoms with Crippen molar-refractivity contribution in [2.75, 3.05) is 15.5 Å². The van der Waals surface area contributed by atoms with Gasteiger partial charge in [-0.25, -0.2) is 9.29 Å². The van der Waals surface area contributed by atoms with Gasteiger partial charge in [0.05, 0.1) is 11.3 Å². The number of carbonyl (C=O) groups is 3. The summed E-state index contributed by atoms with van der Waals surface area (Å²) in [7, 11) is 0. The Morgan fingerprint density at radius 1 is 0.806 bits per heavy atom. The number of para-hydroxylation sites is 1. The maximum absolute atomic E-state index is 13.3. The summed E-state index contributed by atoms with van der Waals surface area (Å²) in [6.45, 7) is 1.40. The van der Waals surface area contributed by atoms with Crippen LogP contribution in [0.3, 0.4) is 0 Å². The van der Waals surface area contributed by atoms with Crippen LogP contribution >= 0.6 is 0 Å². The number of nitrogens with one attached hydrogen (secondary N) is 2. The van der Waals surface area contributed by atoms with Gasteiger partial charge in [-0.1, -0.05) is 30.3 Å². The fourth-order valence-corrected chi connectivity index (χ4v) is 3.33. The van der Waals surface area contributed by atoms with Crippen LogP contribution in [0.2, 0.25) is 0 Å². The summed E-state index contributed by atoms with van der Waals surface area (Å²) in [5.41, 5.74) is 2.28. The van der Waals surface area contributed by atoms with Gasteiger partial charge in [-0.2, -0.15) is 0 Å². The van der Waals surface area contributed by atoms with Crippen molar-refractivity contribution in [3.8, 4) is 0 Å². The smallest absolute Gasteiger partial charge is 0.282 e. The maximum atomic E-state index is 13.3. The molecule has 0 spiro atoms. The fraction of sp³-hybridized carbons (Fsp3) is 0.0417. The van der Waals surface area contributed by atoms with Crippen LogP contribution in [-0.4, -0.2) is 17.7 Å². The summed E-state index contributed by atoms with van der Waals surface area (Å²) in [6.07, 6.45) is 0. The van der Waals surface area contributed by atoms with Gasteiger partial charge in [0, 0.05) is 18.3 Å². The average molecular weight is 415 g/mol. The summed E-state index contributed by atoms with van der Waals surface area (Å²) in [4.78, 5) is 38.9. The Kier molecular flexibility index (Phi) is 5.32. The van der Waals surface area contributed by atoms with Crippen LogP contribution < -0.4 is 15.5 Å². The number of anilines is 3. The number of nitrogens with zero attached hydrogens (tertiary/aromatic N) is 1. The number of hydrogen-bond donors (Lipinski definition) is 2. The van der Waals surface area contributed by atoms with Crippen LogP contribution in [0.15, 0.2) is 84.6 Å². The van der Waals surface area contributed by atoms with Crippen LogP contribution in [0.5, 0.6) is 0 Å². The average Bonchev–Trinajstić information content (AvgIpc) is 3.00. The number of benzene rings is 3. The van der Waals surface area contributed by atoms with E-state index in [-0.39, 0.29) is 17.2 Å². The van der Waals surface area contributed by atoms with Gasteiger partial charge in [-0.3, -0.25) is 14.4 Å². The molecule has 0 unspecified atom stereocenters. The number of amides is 3. The standard InChI is InChI=1S/C24H18FN3O3/c1-15(29)26-18-11-7-16(8-12-18)21-22(27-19-13-9-17(25)10-14-19)24(31)28(23(21)30)20-5-3-2-4-6-20/h2-14,27H,1H3,(H,26,29). The zero-order chi connectivity index (χ0) is 22.0. The Labute approximate surface area is 178 Å². The zero-order valence-corrected chi connectivity index (χ0v) is 16.6. The molecule has 0 bridgehead atoms. The molecule has 0 aliphatic carbocycles. The van der Waals surface area contributed by atoms with E-state index in [4.69, 9.17) is 0 Å². The molecule has 0 fully saturated rings. The second-order valence-electron chi connectivity index (χ2n) is 6.92. The first-order valence-electron chi connectivity index (χ1n) is 9.53. The van der Waals surface area contributed by atoms with E-state index in [2.05, 4.69) is 10.6 Å². The second-order valence-corrected chi connectivity index (χ2v) is 6.92. The molecule has 1 heterocycles. The predicted molar refractivity (Wildman–Crippen MR) is 117 cm³/mol. The maximum Gasteiger partial charge on any atom is 0.282 e. The highest BCUT2D eigenvalue weighted by Crippen LogP contribution is 2.34. The molecule has 0 saturated heterocycles. The molecule has 3 aromatic rings. The highest BCUT2D eigenvalue weighted by Gasteiger charge is 2.40. The molecule has 7 heteroatoms. The SMILES string of the molecule is CC(=O)Nc1ccc(C2=C(Nc3ccc(F)cc3)C(=O)N(c3ccccc3)C2=O)cc1. The molecular formula is C24H18FN3O3. The quantitative estimate of drug-likeness (QED) is 0.613. The minimum atomic E-state index is -0.513. The molecular weight excluding hydrogens is 397 g/mol. The Bertz CT molecular complexity index is 1190. The van der Waals surface area contributed by atoms with Crippen molar-refractivity contribution in [3.63, 3.8) is 0 Å². The summed E-state index contributed by atoms with van der Waals surface area (Å²) < 4.78 is 13.3. The molecule has 154 valence electrons. The van der Waals surface area contributed by atoms with Gasteiger partial charge in [-0.05, 0) is 54.1 Å². The van der Waals surface area contributed by atoms with Crippen molar-refractivity contribution < 1.29 is 18.8 Å². The van der Waals surface area contributed by atoms with Crippen molar-refractivity contribution in [1.29, 1.82) is 0 Å². The minimum absolute atomic E-state index is 0.0905. The van der Waals surface area contributed by atoms with E-state index in [9.17, 15) is 18.8 Å². The number of halogens is 1. The van der Waals surface area contributed by atoms with Crippen molar-refractivity contribution >= 4 is 40.4 Å². The lowest BCUT2D eigenvalue weighted by Crippen LogP contribution is -2.32. The van der Waals surface area contributed by atoms with Gasteiger partial charge in [0.25, 0.3) is 11.8 Å². The third kappa shape index (κ3) is 4.06. The molecule has 0 aromatic heterocycles. The van der Waals surface area contributed by atoms with Crippen LogP contribution in [0.1, 0.15) is 12.5 Å². The summed E-state index contributed by atoms with van der Waals surface area (Å²) >= 11 is 0. The van der Waals surface area contributed by atoms with Gasteiger partial charge in [0.2, 0.25) is 5.91 Å². The largest absolute Gasteiger partial charge is 0.350 e. The van der Waals surface area contributed by atoms with Crippen LogP contribution in [0, 0.1) is 5.82 Å². The third-order valence-corrected chi connectivity index (χ3v) is 4.71. The van der Waals surface area contributed by atoms with E-state index >= 15 is 0 Å². The molecule has 0 atom stereocenters. The first kappa shape index (κ1) is 20.0. The summed E-state index contributed by atoms with van der Waals surface area (Å²) in [5, 5.41) is 5.64. The van der Waals surface area contributed by atoms with E-state index in [1.807, 2.05) is 0 Å². The number of imide groups is 1. The highest BCUT2D eigenvalue weighted by atomic mass is 19.1. The normalized spacial score (nSPS) is 13.5. The van der Waals surface area contributed by atoms with E-state index in [0.717, 1.165) is 4.90 Å². The van der Waals surface area contributed by atoms with Gasteiger partial charge < -0.3 is 10.6 Å². The van der Waals surface area contributed by atoms with Gasteiger partial charge in [0.15, 0.2) is 0 Å². The summed E-state index contributed by atoms with van der Waals surface area (Å²) in [6, 6.07) is 20.8. The topological polar surface area (TPSA) is 78.5 Å². The van der Waals surface area contributed by atoms with Gasteiger partial charge in [-0.15, -0.1) is 0 Å². The predicted octanol–water partition coefficient (Wildman–Crippen LogP) is 4.18. The molecule has 0 radical (unpaired) electrons. The van der Waals surface area contributed by atoms with Crippen LogP contribution in [-0.2, 0) is 14.4 Å². The molecule has 1 aliphatic rings. The van der Waals surface area contributed by atoms with Crippen molar-refractivity contribution in [1.82, 2.24) is 0 Å². The summed E-state index contributed by atoms with van der Waals surface area (Å²) in [5.74, 6) is -1.62. The highest BCUT2D eigenvalue weighted by molar-refractivity contribution is 6.46. The second kappa shape index (κ2) is 8.23. The molecule has 4 rings (SSSR count). The Balaban J connectivity index is 1.77. The number of rotatable bonds is 5. The molecule has 0 saturated carbocycles. The lowest BCUT2D eigenvalue weighted by molar-refractivity contribution is -0.120. The Hall–Kier alpha value is -4.26. The lowest BCUT2D eigenvalue weighted by Gasteiger charge is -2.15. The van der Waals surface area contributed by atoms with E-state index in [1.165, 1.54) is 31.2 Å². The van der Waals surface area contributed by atoms with Crippen molar-refractivity contribution in [2.45, 2.75) is 6.92 Å². The Morgan fingerprint density at radius 2 is 1.42 bits per heavy atom. The molecule has 3 aromatic carbocycles. The monoisotopic (exact) mass is 415 g/mol. The lowest BCUT2D eigenvalue weighted by atomic mass is 10.0. The molecule has 6 nitrogen and oxygen atoms in total. The van der Waals surface area contributed by atoms with Crippen LogP contribution in [0.4, 0.5) is 21.5 Å². The third-order valence-electron chi connectivity index (χ3n) is 4.71. The number of carbonyl (C=O) groups excluding carboxylic acids is 3. The zero-order valence-electron chi connectivity index (χ0n) is 16.6. The molecule has 1 aliphatic heterocycles. The number of hydrogen-bond acceptors (Lipinski definition) is 4.